The molecule has 3 rings (SSSR count). The fourth-order valence-electron chi connectivity index (χ4n) is 2.87. The quantitative estimate of drug-likeness (QED) is 0.486. The molecule has 0 saturated heterocycles. The molecule has 3 heterocycles. The summed E-state index contributed by atoms with van der Waals surface area (Å²) in [5.41, 5.74) is 3.02. The van der Waals surface area contributed by atoms with Gasteiger partial charge in [0.2, 0.25) is 5.78 Å². The monoisotopic (exact) mass is 373 g/mol. The van der Waals surface area contributed by atoms with Crippen LogP contribution in [0.25, 0.3) is 5.13 Å². The van der Waals surface area contributed by atoms with Gasteiger partial charge in [0.1, 0.15) is 11.3 Å². The fraction of sp³-hybridized carbons (Fsp3) is 0.333. The number of carbonyl (C=O) groups is 2. The molecule has 0 spiro atoms. The normalized spacial score (nSPS) is 10.9. The standard InChI is InChI=1S/C18H19N3O4S/c1-5-14-16(12(4)25-20-14)17(23)24-9-15(22)13-8-10(2)21(11(13)3)18-19-6-7-26-18/h6-8H,5,9H2,1-4H3. The van der Waals surface area contributed by atoms with Crippen molar-refractivity contribution in [2.24, 2.45) is 0 Å². The summed E-state index contributed by atoms with van der Waals surface area (Å²) < 4.78 is 12.2. The van der Waals surface area contributed by atoms with Crippen LogP contribution in [0, 0.1) is 20.8 Å². The third kappa shape index (κ3) is 3.20. The molecule has 0 fully saturated rings. The van der Waals surface area contributed by atoms with Gasteiger partial charge in [-0.2, -0.15) is 0 Å². The van der Waals surface area contributed by atoms with Gasteiger partial charge in [-0.25, -0.2) is 9.78 Å². The summed E-state index contributed by atoms with van der Waals surface area (Å²) in [6.45, 7) is 6.93. The van der Waals surface area contributed by atoms with Gasteiger partial charge in [0.25, 0.3) is 0 Å². The maximum absolute atomic E-state index is 12.6. The molecule has 3 aromatic heterocycles. The minimum Gasteiger partial charge on any atom is -0.454 e. The number of aryl methyl sites for hydroxylation is 3. The van der Waals surface area contributed by atoms with Crippen molar-refractivity contribution in [2.45, 2.75) is 34.1 Å². The second-order valence-electron chi connectivity index (χ2n) is 5.85. The van der Waals surface area contributed by atoms with Crippen molar-refractivity contribution >= 4 is 23.1 Å². The van der Waals surface area contributed by atoms with Gasteiger partial charge in [0.15, 0.2) is 11.7 Å². The fourth-order valence-corrected chi connectivity index (χ4v) is 3.62. The molecular weight excluding hydrogens is 354 g/mol. The Hall–Kier alpha value is -2.74. The Bertz CT molecular complexity index is 954. The highest BCUT2D eigenvalue weighted by molar-refractivity contribution is 7.12. The van der Waals surface area contributed by atoms with E-state index in [-0.39, 0.29) is 12.4 Å². The van der Waals surface area contributed by atoms with Crippen LogP contribution >= 0.6 is 11.3 Å². The molecule has 0 saturated carbocycles. The Kier molecular flexibility index (Phi) is 5.03. The highest BCUT2D eigenvalue weighted by atomic mass is 32.1. The van der Waals surface area contributed by atoms with Crippen molar-refractivity contribution in [3.63, 3.8) is 0 Å². The summed E-state index contributed by atoms with van der Waals surface area (Å²) in [5.74, 6) is -0.467. The SMILES string of the molecule is CCc1noc(C)c1C(=O)OCC(=O)c1cc(C)n(-c2nccs2)c1C. The lowest BCUT2D eigenvalue weighted by Gasteiger charge is -2.06. The molecule has 0 bridgehead atoms. The molecule has 0 radical (unpaired) electrons. The van der Waals surface area contributed by atoms with E-state index < -0.39 is 5.97 Å². The smallest absolute Gasteiger partial charge is 0.344 e. The van der Waals surface area contributed by atoms with Crippen LogP contribution in [0.2, 0.25) is 0 Å². The number of aromatic nitrogens is 3. The minimum atomic E-state index is -0.595. The van der Waals surface area contributed by atoms with Gasteiger partial charge in [-0.1, -0.05) is 12.1 Å². The zero-order valence-electron chi connectivity index (χ0n) is 15.0. The second kappa shape index (κ2) is 7.25. The highest BCUT2D eigenvalue weighted by Gasteiger charge is 2.23. The van der Waals surface area contributed by atoms with Crippen LogP contribution in [0.4, 0.5) is 0 Å². The first kappa shape index (κ1) is 18.1. The van der Waals surface area contributed by atoms with Gasteiger partial charge in [-0.05, 0) is 33.3 Å². The van der Waals surface area contributed by atoms with Crippen molar-refractivity contribution in [1.82, 2.24) is 14.7 Å². The Morgan fingerprint density at radius 3 is 2.73 bits per heavy atom. The number of nitrogens with zero attached hydrogens (tertiary/aromatic N) is 3. The maximum atomic E-state index is 12.6. The molecule has 0 aliphatic rings. The van der Waals surface area contributed by atoms with Crippen LogP contribution in [0.1, 0.15) is 50.5 Å². The molecule has 0 aliphatic carbocycles. The van der Waals surface area contributed by atoms with Crippen molar-refractivity contribution in [2.75, 3.05) is 6.61 Å². The molecule has 8 heteroatoms. The van der Waals surface area contributed by atoms with E-state index in [9.17, 15) is 9.59 Å². The Morgan fingerprint density at radius 1 is 1.31 bits per heavy atom. The van der Waals surface area contributed by atoms with Crippen LogP contribution in [0.3, 0.4) is 0 Å². The second-order valence-corrected chi connectivity index (χ2v) is 6.72. The number of ether oxygens (including phenoxy) is 1. The number of thiazole rings is 1. The first-order valence-corrected chi connectivity index (χ1v) is 9.06. The summed E-state index contributed by atoms with van der Waals surface area (Å²) in [6.07, 6.45) is 2.26. The van der Waals surface area contributed by atoms with E-state index in [0.717, 1.165) is 16.5 Å². The van der Waals surface area contributed by atoms with E-state index in [0.29, 0.717) is 29.0 Å². The lowest BCUT2D eigenvalue weighted by molar-refractivity contribution is 0.0472. The number of hydrogen-bond donors (Lipinski definition) is 0. The largest absolute Gasteiger partial charge is 0.454 e. The van der Waals surface area contributed by atoms with Crippen LogP contribution in [-0.2, 0) is 11.2 Å². The van der Waals surface area contributed by atoms with E-state index in [4.69, 9.17) is 9.26 Å². The summed E-state index contributed by atoms with van der Waals surface area (Å²) in [6, 6.07) is 1.79. The average molecular weight is 373 g/mol. The van der Waals surface area contributed by atoms with Crippen LogP contribution < -0.4 is 0 Å². The van der Waals surface area contributed by atoms with Gasteiger partial charge in [-0.3, -0.25) is 9.36 Å². The predicted octanol–water partition coefficient (Wildman–Crippen LogP) is 3.45. The van der Waals surface area contributed by atoms with E-state index in [1.54, 1.807) is 19.2 Å². The molecule has 0 atom stereocenters. The highest BCUT2D eigenvalue weighted by Crippen LogP contribution is 2.23. The summed E-state index contributed by atoms with van der Waals surface area (Å²) in [5, 5.41) is 6.50. The molecule has 0 aliphatic heterocycles. The van der Waals surface area contributed by atoms with Gasteiger partial charge < -0.3 is 9.26 Å². The van der Waals surface area contributed by atoms with Crippen LogP contribution in [0.5, 0.6) is 0 Å². The topological polar surface area (TPSA) is 87.2 Å². The molecule has 3 aromatic rings. The van der Waals surface area contributed by atoms with Crippen LogP contribution in [-0.4, -0.2) is 33.1 Å². The number of carbonyl (C=O) groups excluding carboxylic acids is 2. The summed E-state index contributed by atoms with van der Waals surface area (Å²) in [7, 11) is 0. The molecule has 0 amide bonds. The van der Waals surface area contributed by atoms with Gasteiger partial charge >= 0.3 is 5.97 Å². The molecule has 136 valence electrons. The van der Waals surface area contributed by atoms with E-state index in [1.165, 1.54) is 11.3 Å². The third-order valence-electron chi connectivity index (χ3n) is 4.15. The number of hydrogen-bond acceptors (Lipinski definition) is 7. The summed E-state index contributed by atoms with van der Waals surface area (Å²) >= 11 is 1.49. The molecule has 0 aromatic carbocycles. The van der Waals surface area contributed by atoms with Gasteiger partial charge in [-0.15, -0.1) is 11.3 Å². The molecule has 26 heavy (non-hydrogen) atoms. The zero-order chi connectivity index (χ0) is 18.8. The van der Waals surface area contributed by atoms with Gasteiger partial charge in [0.05, 0.1) is 5.69 Å². The Labute approximate surface area is 154 Å². The average Bonchev–Trinajstić information content (AvgIpc) is 3.32. The predicted molar refractivity (Wildman–Crippen MR) is 96.1 cm³/mol. The third-order valence-corrected chi connectivity index (χ3v) is 4.91. The molecule has 7 nitrogen and oxygen atoms in total. The molecule has 0 unspecified atom stereocenters. The Morgan fingerprint density at radius 2 is 2.08 bits per heavy atom. The van der Waals surface area contributed by atoms with E-state index in [1.807, 2.05) is 30.7 Å². The van der Waals surface area contributed by atoms with Crippen LogP contribution in [0.15, 0.2) is 22.2 Å². The van der Waals surface area contributed by atoms with Crippen molar-refractivity contribution in [3.05, 3.63) is 51.6 Å². The lowest BCUT2D eigenvalue weighted by atomic mass is 10.1. The van der Waals surface area contributed by atoms with E-state index >= 15 is 0 Å². The van der Waals surface area contributed by atoms with Gasteiger partial charge in [0, 0.05) is 28.5 Å². The van der Waals surface area contributed by atoms with E-state index in [2.05, 4.69) is 10.1 Å². The lowest BCUT2D eigenvalue weighted by Crippen LogP contribution is -2.16. The van der Waals surface area contributed by atoms with Crippen molar-refractivity contribution in [3.8, 4) is 5.13 Å². The van der Waals surface area contributed by atoms with Crippen molar-refractivity contribution < 1.29 is 18.8 Å². The maximum Gasteiger partial charge on any atom is 0.344 e. The number of ketones is 1. The number of rotatable bonds is 6. The molecular formula is C18H19N3O4S. The molecule has 0 N–H and O–H groups in total. The zero-order valence-corrected chi connectivity index (χ0v) is 15.8. The minimum absolute atomic E-state index is 0.263. The number of esters is 1. The first-order chi connectivity index (χ1) is 12.4. The Balaban J connectivity index is 1.76. The van der Waals surface area contributed by atoms with Crippen molar-refractivity contribution in [1.29, 1.82) is 0 Å². The number of Topliss-reactive ketones (excluding diaryl/α,β-unsaturated/α-hetero) is 1. The summed E-state index contributed by atoms with van der Waals surface area (Å²) in [4.78, 5) is 29.2. The first-order valence-electron chi connectivity index (χ1n) is 8.18.